The first-order valence-electron chi connectivity index (χ1n) is 7.08. The van der Waals surface area contributed by atoms with Gasteiger partial charge >= 0.3 is 0 Å². The summed E-state index contributed by atoms with van der Waals surface area (Å²) in [7, 11) is 2.26. The van der Waals surface area contributed by atoms with Crippen LogP contribution in [0.3, 0.4) is 0 Å². The molecular weight excluding hydrogens is 208 g/mol. The molecule has 0 aromatic rings. The molecule has 0 heterocycles. The van der Waals surface area contributed by atoms with Crippen LogP contribution in [0.5, 0.6) is 0 Å². The maximum absolute atomic E-state index is 3.63. The number of hydrogen-bond donors (Lipinski definition) is 1. The molecule has 0 rings (SSSR count). The van der Waals surface area contributed by atoms with Crippen molar-refractivity contribution in [2.75, 3.05) is 20.1 Å². The molecule has 2 nitrogen and oxygen atoms in total. The lowest BCUT2D eigenvalue weighted by Crippen LogP contribution is -2.49. The van der Waals surface area contributed by atoms with Gasteiger partial charge in [0.05, 0.1) is 0 Å². The number of rotatable bonds is 7. The monoisotopic (exact) mass is 242 g/mol. The number of hydrogen-bond acceptors (Lipinski definition) is 2. The van der Waals surface area contributed by atoms with Crippen LogP contribution in [0.15, 0.2) is 0 Å². The fraction of sp³-hybridized carbons (Fsp3) is 1.00. The molecule has 0 aliphatic heterocycles. The first-order valence-corrected chi connectivity index (χ1v) is 7.08. The Morgan fingerprint density at radius 3 is 1.94 bits per heavy atom. The van der Waals surface area contributed by atoms with Crippen LogP contribution in [-0.4, -0.2) is 36.6 Å². The Balaban J connectivity index is 4.22. The van der Waals surface area contributed by atoms with Gasteiger partial charge in [-0.3, -0.25) is 0 Å². The van der Waals surface area contributed by atoms with Gasteiger partial charge in [-0.05, 0) is 52.6 Å². The van der Waals surface area contributed by atoms with Crippen molar-refractivity contribution in [1.82, 2.24) is 10.2 Å². The predicted molar refractivity (Wildman–Crippen MR) is 78.5 cm³/mol. The molecule has 1 N–H and O–H groups in total. The first kappa shape index (κ1) is 16.9. The van der Waals surface area contributed by atoms with Crippen LogP contribution < -0.4 is 5.32 Å². The summed E-state index contributed by atoms with van der Waals surface area (Å²) in [5.74, 6) is 1.49. The predicted octanol–water partition coefficient (Wildman–Crippen LogP) is 3.38. The SMILES string of the molecule is CC(C)CCN(C)C(CNC(C)(C)C)C(C)C. The minimum absolute atomic E-state index is 0.214. The maximum Gasteiger partial charge on any atom is 0.0240 e. The highest BCUT2D eigenvalue weighted by molar-refractivity contribution is 4.80. The molecule has 0 aliphatic carbocycles. The van der Waals surface area contributed by atoms with Crippen LogP contribution in [0.4, 0.5) is 0 Å². The quantitative estimate of drug-likeness (QED) is 0.736. The van der Waals surface area contributed by atoms with Crippen LogP contribution in [0.25, 0.3) is 0 Å². The molecule has 0 radical (unpaired) electrons. The van der Waals surface area contributed by atoms with Crippen LogP contribution in [0.1, 0.15) is 54.9 Å². The average molecular weight is 242 g/mol. The Labute approximate surface area is 109 Å². The van der Waals surface area contributed by atoms with Crippen molar-refractivity contribution in [2.45, 2.75) is 66.5 Å². The molecule has 0 fully saturated rings. The zero-order chi connectivity index (χ0) is 13.6. The molecule has 0 amide bonds. The van der Waals surface area contributed by atoms with Gasteiger partial charge in [0.2, 0.25) is 0 Å². The molecule has 0 aromatic heterocycles. The third-order valence-electron chi connectivity index (χ3n) is 3.24. The highest BCUT2D eigenvalue weighted by atomic mass is 15.2. The Bertz CT molecular complexity index is 192. The van der Waals surface area contributed by atoms with Gasteiger partial charge in [-0.15, -0.1) is 0 Å². The van der Waals surface area contributed by atoms with Crippen molar-refractivity contribution in [3.63, 3.8) is 0 Å². The molecule has 0 saturated carbocycles. The molecule has 1 atom stereocenters. The third-order valence-corrected chi connectivity index (χ3v) is 3.24. The van der Waals surface area contributed by atoms with Crippen LogP contribution in [0, 0.1) is 11.8 Å². The largest absolute Gasteiger partial charge is 0.311 e. The number of nitrogens with zero attached hydrogens (tertiary/aromatic N) is 1. The van der Waals surface area contributed by atoms with Crippen molar-refractivity contribution in [2.24, 2.45) is 11.8 Å². The summed E-state index contributed by atoms with van der Waals surface area (Å²) in [4.78, 5) is 2.52. The van der Waals surface area contributed by atoms with E-state index in [0.717, 1.165) is 12.5 Å². The van der Waals surface area contributed by atoms with E-state index in [2.05, 4.69) is 65.7 Å². The van der Waals surface area contributed by atoms with Crippen LogP contribution in [-0.2, 0) is 0 Å². The van der Waals surface area contributed by atoms with E-state index in [1.165, 1.54) is 13.0 Å². The van der Waals surface area contributed by atoms with Gasteiger partial charge < -0.3 is 10.2 Å². The number of nitrogens with one attached hydrogen (secondary N) is 1. The zero-order valence-corrected chi connectivity index (χ0v) is 13.3. The lowest BCUT2D eigenvalue weighted by Gasteiger charge is -2.34. The van der Waals surface area contributed by atoms with E-state index in [9.17, 15) is 0 Å². The van der Waals surface area contributed by atoms with E-state index in [4.69, 9.17) is 0 Å². The second-order valence-electron chi connectivity index (χ2n) is 7.11. The van der Waals surface area contributed by atoms with E-state index in [0.29, 0.717) is 12.0 Å². The third kappa shape index (κ3) is 8.62. The lowest BCUT2D eigenvalue weighted by atomic mass is 10.00. The maximum atomic E-state index is 3.63. The Kier molecular flexibility index (Phi) is 7.34. The highest BCUT2D eigenvalue weighted by Gasteiger charge is 2.20. The van der Waals surface area contributed by atoms with E-state index in [1.54, 1.807) is 0 Å². The first-order chi connectivity index (χ1) is 7.63. The van der Waals surface area contributed by atoms with Crippen molar-refractivity contribution in [1.29, 1.82) is 0 Å². The summed E-state index contributed by atoms with van der Waals surface area (Å²) in [5, 5.41) is 3.63. The molecule has 0 saturated heterocycles. The summed E-state index contributed by atoms with van der Waals surface area (Å²) in [6.45, 7) is 18.2. The van der Waals surface area contributed by atoms with E-state index < -0.39 is 0 Å². The fourth-order valence-electron chi connectivity index (χ4n) is 1.94. The molecule has 0 aliphatic rings. The summed E-state index contributed by atoms with van der Waals surface area (Å²) >= 11 is 0. The van der Waals surface area contributed by atoms with E-state index >= 15 is 0 Å². The molecule has 104 valence electrons. The summed E-state index contributed by atoms with van der Waals surface area (Å²) in [6, 6.07) is 0.632. The van der Waals surface area contributed by atoms with Gasteiger partial charge in [0.25, 0.3) is 0 Å². The Hall–Kier alpha value is -0.0800. The summed E-state index contributed by atoms with van der Waals surface area (Å²) in [6.07, 6.45) is 1.29. The minimum Gasteiger partial charge on any atom is -0.311 e. The topological polar surface area (TPSA) is 15.3 Å². The molecule has 2 heteroatoms. The smallest absolute Gasteiger partial charge is 0.0240 e. The van der Waals surface area contributed by atoms with Crippen molar-refractivity contribution in [3.05, 3.63) is 0 Å². The van der Waals surface area contributed by atoms with Gasteiger partial charge in [-0.25, -0.2) is 0 Å². The van der Waals surface area contributed by atoms with Gasteiger partial charge in [0.1, 0.15) is 0 Å². The van der Waals surface area contributed by atoms with Crippen LogP contribution in [0.2, 0.25) is 0 Å². The van der Waals surface area contributed by atoms with E-state index in [-0.39, 0.29) is 5.54 Å². The molecule has 17 heavy (non-hydrogen) atoms. The molecule has 1 unspecified atom stereocenters. The van der Waals surface area contributed by atoms with Gasteiger partial charge in [0, 0.05) is 18.1 Å². The van der Waals surface area contributed by atoms with Crippen molar-refractivity contribution >= 4 is 0 Å². The minimum atomic E-state index is 0.214. The second kappa shape index (κ2) is 7.38. The van der Waals surface area contributed by atoms with Gasteiger partial charge in [-0.2, -0.15) is 0 Å². The Morgan fingerprint density at radius 1 is 1.06 bits per heavy atom. The molecule has 0 bridgehead atoms. The molecule has 0 aromatic carbocycles. The summed E-state index contributed by atoms with van der Waals surface area (Å²) in [5.41, 5.74) is 0.214. The summed E-state index contributed by atoms with van der Waals surface area (Å²) < 4.78 is 0. The van der Waals surface area contributed by atoms with Crippen molar-refractivity contribution in [3.8, 4) is 0 Å². The number of likely N-dealkylation sites (N-methyl/N-ethyl adjacent to an activating group) is 1. The zero-order valence-electron chi connectivity index (χ0n) is 13.3. The molecule has 0 spiro atoms. The highest BCUT2D eigenvalue weighted by Crippen LogP contribution is 2.12. The standard InChI is InChI=1S/C15H34N2/c1-12(2)9-10-17(8)14(13(3)4)11-16-15(5,6)7/h12-14,16H,9-11H2,1-8H3. The van der Waals surface area contributed by atoms with Crippen molar-refractivity contribution < 1.29 is 0 Å². The normalized spacial score (nSPS) is 15.0. The van der Waals surface area contributed by atoms with E-state index in [1.807, 2.05) is 0 Å². The van der Waals surface area contributed by atoms with Gasteiger partial charge in [-0.1, -0.05) is 27.7 Å². The van der Waals surface area contributed by atoms with Gasteiger partial charge in [0.15, 0.2) is 0 Å². The lowest BCUT2D eigenvalue weighted by molar-refractivity contribution is 0.169. The second-order valence-corrected chi connectivity index (χ2v) is 7.11. The molecular formula is C15H34N2. The van der Waals surface area contributed by atoms with Crippen LogP contribution >= 0.6 is 0 Å². The average Bonchev–Trinajstić information content (AvgIpc) is 2.12. The Morgan fingerprint density at radius 2 is 1.59 bits per heavy atom. The fourth-order valence-corrected chi connectivity index (χ4v) is 1.94.